The summed E-state index contributed by atoms with van der Waals surface area (Å²) in [4.78, 5) is 28.6. The maximum atomic E-state index is 12.3. The van der Waals surface area contributed by atoms with Crippen molar-refractivity contribution in [3.05, 3.63) is 51.9 Å². The summed E-state index contributed by atoms with van der Waals surface area (Å²) < 4.78 is 9.42. The lowest BCUT2D eigenvalue weighted by molar-refractivity contribution is -0.145. The Morgan fingerprint density at radius 1 is 1.26 bits per heavy atom. The summed E-state index contributed by atoms with van der Waals surface area (Å²) in [6.45, 7) is 5.75. The summed E-state index contributed by atoms with van der Waals surface area (Å²) in [5.41, 5.74) is 4.61. The smallest absolute Gasteiger partial charge is 0.309 e. The van der Waals surface area contributed by atoms with Crippen molar-refractivity contribution in [1.82, 2.24) is 14.1 Å². The van der Waals surface area contributed by atoms with E-state index in [1.54, 1.807) is 11.6 Å². The molecule has 188 valence electrons. The van der Waals surface area contributed by atoms with E-state index in [4.69, 9.17) is 9.72 Å². The number of aliphatic hydroxyl groups excluding tert-OH is 1. The lowest BCUT2D eigenvalue weighted by Crippen LogP contribution is -2.25. The highest BCUT2D eigenvalue weighted by Gasteiger charge is 2.23. The van der Waals surface area contributed by atoms with Gasteiger partial charge in [0.15, 0.2) is 0 Å². The first-order valence-electron chi connectivity index (χ1n) is 12.4. The number of hydrogen-bond acceptors (Lipinski definition) is 5. The third-order valence-corrected chi connectivity index (χ3v) is 7.10. The molecule has 8 nitrogen and oxygen atoms in total. The van der Waals surface area contributed by atoms with Crippen molar-refractivity contribution in [2.75, 3.05) is 13.2 Å². The number of hydrogen-bond donors (Lipinski definition) is 2. The average Bonchev–Trinajstić information content (AvgIpc) is 3.17. The molecule has 0 amide bonds. The maximum absolute atomic E-state index is 12.3. The number of carbonyl (C=O) groups is 1. The zero-order valence-electron chi connectivity index (χ0n) is 20.7. The molecule has 0 spiro atoms. The summed E-state index contributed by atoms with van der Waals surface area (Å²) in [5.74, 6) is -0.361. The topological polar surface area (TPSA) is 107 Å². The maximum Gasteiger partial charge on any atom is 0.309 e. The van der Waals surface area contributed by atoms with E-state index in [1.807, 2.05) is 19.2 Å². The molecule has 3 aromatic rings. The number of aliphatic carboxylic acids is 1. The second kappa shape index (κ2) is 10.7. The van der Waals surface area contributed by atoms with E-state index >= 15 is 0 Å². The highest BCUT2D eigenvalue weighted by Crippen LogP contribution is 2.29. The molecule has 2 atom stereocenters. The van der Waals surface area contributed by atoms with Crippen LogP contribution in [0.3, 0.4) is 0 Å². The number of benzene rings is 1. The van der Waals surface area contributed by atoms with Gasteiger partial charge in [-0.25, -0.2) is 4.98 Å². The van der Waals surface area contributed by atoms with E-state index in [1.165, 1.54) is 6.92 Å². The molecule has 0 radical (unpaired) electrons. The Balaban J connectivity index is 1.66. The molecule has 1 aliphatic rings. The second-order valence-corrected chi connectivity index (χ2v) is 9.83. The standard InChI is InChI=1S/C27H35N3O5/c1-17-13-21(16-29(3)26(17)32)25-28-23-14-19(5-4-6-22(18(2)31)27(33)34)7-8-24(23)30(25)15-20-9-11-35-12-10-20/h7-8,13-14,16,18,20,22,31H,4-6,9-12,15H2,1-3H3,(H,33,34)/t18-,22+/m1/s1. The number of carboxylic acid groups (broad SMARTS) is 1. The summed E-state index contributed by atoms with van der Waals surface area (Å²) in [5, 5.41) is 19.0. The van der Waals surface area contributed by atoms with E-state index in [2.05, 4.69) is 22.8 Å². The van der Waals surface area contributed by atoms with Crippen molar-refractivity contribution in [2.24, 2.45) is 18.9 Å². The first-order valence-corrected chi connectivity index (χ1v) is 12.4. The number of aliphatic hydroxyl groups is 1. The van der Waals surface area contributed by atoms with Crippen molar-refractivity contribution >= 4 is 17.0 Å². The van der Waals surface area contributed by atoms with Crippen LogP contribution in [0.25, 0.3) is 22.4 Å². The number of aromatic nitrogens is 3. The number of ether oxygens (including phenoxy) is 1. The van der Waals surface area contributed by atoms with Crippen LogP contribution in [0.4, 0.5) is 0 Å². The van der Waals surface area contributed by atoms with E-state index in [0.29, 0.717) is 30.7 Å². The average molecular weight is 482 g/mol. The minimum absolute atomic E-state index is 0.0139. The number of pyridine rings is 1. The molecule has 1 saturated heterocycles. The Morgan fingerprint density at radius 3 is 2.66 bits per heavy atom. The lowest BCUT2D eigenvalue weighted by atomic mass is 9.95. The van der Waals surface area contributed by atoms with Gasteiger partial charge in [0.2, 0.25) is 0 Å². The number of imidazole rings is 1. The molecule has 0 bridgehead atoms. The van der Waals surface area contributed by atoms with Gasteiger partial charge in [-0.3, -0.25) is 9.59 Å². The minimum Gasteiger partial charge on any atom is -0.481 e. The molecule has 1 aliphatic heterocycles. The summed E-state index contributed by atoms with van der Waals surface area (Å²) in [7, 11) is 1.76. The molecule has 8 heteroatoms. The number of aryl methyl sites for hydroxylation is 3. The highest BCUT2D eigenvalue weighted by atomic mass is 16.5. The largest absolute Gasteiger partial charge is 0.481 e. The van der Waals surface area contributed by atoms with Gasteiger partial charge in [0, 0.05) is 44.1 Å². The molecule has 2 aromatic heterocycles. The zero-order chi connectivity index (χ0) is 25.1. The van der Waals surface area contributed by atoms with Crippen molar-refractivity contribution in [3.63, 3.8) is 0 Å². The van der Waals surface area contributed by atoms with Gasteiger partial charge in [0.1, 0.15) is 5.82 Å². The summed E-state index contributed by atoms with van der Waals surface area (Å²) >= 11 is 0. The fraction of sp³-hybridized carbons (Fsp3) is 0.519. The third-order valence-electron chi connectivity index (χ3n) is 7.10. The van der Waals surface area contributed by atoms with Gasteiger partial charge < -0.3 is 24.1 Å². The molecule has 2 N–H and O–H groups in total. The van der Waals surface area contributed by atoms with Gasteiger partial charge in [-0.15, -0.1) is 0 Å². The van der Waals surface area contributed by atoms with Crippen LogP contribution in [-0.2, 0) is 29.5 Å². The van der Waals surface area contributed by atoms with Gasteiger partial charge in [0.25, 0.3) is 5.56 Å². The number of nitrogens with zero attached hydrogens (tertiary/aromatic N) is 3. The van der Waals surface area contributed by atoms with Crippen molar-refractivity contribution < 1.29 is 19.7 Å². The van der Waals surface area contributed by atoms with Crippen LogP contribution in [0, 0.1) is 18.8 Å². The summed E-state index contributed by atoms with van der Waals surface area (Å²) in [6, 6.07) is 8.16. The monoisotopic (exact) mass is 481 g/mol. The van der Waals surface area contributed by atoms with Crippen molar-refractivity contribution in [1.29, 1.82) is 0 Å². The molecule has 35 heavy (non-hydrogen) atoms. The molecule has 3 heterocycles. The normalized spacial score (nSPS) is 16.5. The number of fused-ring (bicyclic) bond motifs is 1. The number of carboxylic acids is 1. The second-order valence-electron chi connectivity index (χ2n) is 9.83. The molecule has 0 saturated carbocycles. The van der Waals surface area contributed by atoms with E-state index in [9.17, 15) is 19.8 Å². The predicted molar refractivity (Wildman–Crippen MR) is 134 cm³/mol. The van der Waals surface area contributed by atoms with Gasteiger partial charge in [-0.2, -0.15) is 0 Å². The fourth-order valence-corrected chi connectivity index (χ4v) is 5.02. The van der Waals surface area contributed by atoms with E-state index in [-0.39, 0.29) is 5.56 Å². The quantitative estimate of drug-likeness (QED) is 0.484. The van der Waals surface area contributed by atoms with Gasteiger partial charge in [-0.05, 0) is 75.6 Å². The fourth-order valence-electron chi connectivity index (χ4n) is 5.02. The Labute approximate surface area is 205 Å². The van der Waals surface area contributed by atoms with Gasteiger partial charge >= 0.3 is 5.97 Å². The molecular weight excluding hydrogens is 446 g/mol. The van der Waals surface area contributed by atoms with E-state index < -0.39 is 18.0 Å². The lowest BCUT2D eigenvalue weighted by Gasteiger charge is -2.23. The molecule has 1 fully saturated rings. The molecule has 1 aromatic carbocycles. The Hall–Kier alpha value is -2.97. The molecule has 0 unspecified atom stereocenters. The van der Waals surface area contributed by atoms with Crippen LogP contribution in [0.15, 0.2) is 35.3 Å². The van der Waals surface area contributed by atoms with Gasteiger partial charge in [-0.1, -0.05) is 6.07 Å². The molecule has 0 aliphatic carbocycles. The van der Waals surface area contributed by atoms with Crippen molar-refractivity contribution in [2.45, 2.75) is 58.6 Å². The Bertz CT molecular complexity index is 1230. The first kappa shape index (κ1) is 25.1. The van der Waals surface area contributed by atoms with Crippen LogP contribution in [0.2, 0.25) is 0 Å². The van der Waals surface area contributed by atoms with E-state index in [0.717, 1.165) is 60.6 Å². The SMILES string of the molecule is Cc1cc(-c2nc3cc(CCC[C@H](C(=O)O)[C@@H](C)O)ccc3n2CC2CCOCC2)cn(C)c1=O. The van der Waals surface area contributed by atoms with Crippen LogP contribution in [0.1, 0.15) is 43.7 Å². The Kier molecular flexibility index (Phi) is 7.72. The highest BCUT2D eigenvalue weighted by molar-refractivity contribution is 5.81. The summed E-state index contributed by atoms with van der Waals surface area (Å²) in [6.07, 6.45) is 4.81. The van der Waals surface area contributed by atoms with Crippen LogP contribution in [0.5, 0.6) is 0 Å². The van der Waals surface area contributed by atoms with Gasteiger partial charge in [0.05, 0.1) is 23.1 Å². The molecule has 4 rings (SSSR count). The minimum atomic E-state index is -0.959. The number of rotatable bonds is 9. The Morgan fingerprint density at radius 2 is 2.00 bits per heavy atom. The third kappa shape index (κ3) is 5.65. The molecular formula is C27H35N3O5. The van der Waals surface area contributed by atoms with Crippen molar-refractivity contribution in [3.8, 4) is 11.4 Å². The van der Waals surface area contributed by atoms with Crippen LogP contribution in [-0.4, -0.2) is 49.6 Å². The van der Waals surface area contributed by atoms with Crippen LogP contribution < -0.4 is 5.56 Å². The predicted octanol–water partition coefficient (Wildman–Crippen LogP) is 3.54. The van der Waals surface area contributed by atoms with Crippen LogP contribution >= 0.6 is 0 Å². The first-order chi connectivity index (χ1) is 16.7. The zero-order valence-corrected chi connectivity index (χ0v) is 20.7.